The minimum atomic E-state index is -0.723. The monoisotopic (exact) mass is 541 g/mol. The molecular weight excluding hydrogens is 521 g/mol. The van der Waals surface area contributed by atoms with E-state index in [0.717, 1.165) is 0 Å². The van der Waals surface area contributed by atoms with E-state index >= 15 is 0 Å². The SMILES string of the molecule is COc1ncnc2c1ccn2[C@H]1CC(OC(=O)c2ccc(Cl)cc2)C(COC(=O)c2ccc(Cl)cc2)O1. The fraction of sp³-hybridized carbons (Fsp3) is 0.231. The van der Waals surface area contributed by atoms with Crippen LogP contribution in [-0.4, -0.2) is 52.4 Å². The maximum Gasteiger partial charge on any atom is 0.338 e. The predicted octanol–water partition coefficient (Wildman–Crippen LogP) is 5.12. The number of ether oxygens (including phenoxy) is 4. The summed E-state index contributed by atoms with van der Waals surface area (Å²) in [5.74, 6) is -0.655. The van der Waals surface area contributed by atoms with Gasteiger partial charge in [-0.05, 0) is 54.6 Å². The number of fused-ring (bicyclic) bond motifs is 1. The van der Waals surface area contributed by atoms with E-state index in [1.165, 1.54) is 13.4 Å². The van der Waals surface area contributed by atoms with Crippen molar-refractivity contribution >= 4 is 46.2 Å². The van der Waals surface area contributed by atoms with Gasteiger partial charge in [0.05, 0.1) is 23.6 Å². The van der Waals surface area contributed by atoms with Gasteiger partial charge in [-0.1, -0.05) is 23.2 Å². The summed E-state index contributed by atoms with van der Waals surface area (Å²) in [6, 6.07) is 14.5. The second-order valence-corrected chi connectivity index (χ2v) is 9.14. The molecule has 3 heterocycles. The van der Waals surface area contributed by atoms with Gasteiger partial charge >= 0.3 is 11.9 Å². The Morgan fingerprint density at radius 1 is 0.973 bits per heavy atom. The van der Waals surface area contributed by atoms with Crippen LogP contribution >= 0.6 is 23.2 Å². The first kappa shape index (κ1) is 25.0. The van der Waals surface area contributed by atoms with Crippen LogP contribution < -0.4 is 4.74 Å². The summed E-state index contributed by atoms with van der Waals surface area (Å²) in [4.78, 5) is 33.9. The molecule has 0 spiro atoms. The first-order chi connectivity index (χ1) is 17.9. The van der Waals surface area contributed by atoms with Crippen molar-refractivity contribution in [2.24, 2.45) is 0 Å². The van der Waals surface area contributed by atoms with Crippen molar-refractivity contribution < 1.29 is 28.5 Å². The Morgan fingerprint density at radius 2 is 1.62 bits per heavy atom. The van der Waals surface area contributed by atoms with E-state index in [4.69, 9.17) is 42.1 Å². The zero-order valence-electron chi connectivity index (χ0n) is 19.5. The second-order valence-electron chi connectivity index (χ2n) is 8.26. The standard InChI is InChI=1S/C26H21Cl2N3O6/c1-34-24-19-10-11-31(23(19)29-14-30-24)22-12-20(37-26(33)16-4-8-18(28)9-5-16)21(36-22)13-35-25(32)15-2-6-17(27)7-3-15/h2-11,14,20-22H,12-13H2,1H3/t20?,21?,22-/m1/s1. The smallest absolute Gasteiger partial charge is 0.338 e. The second kappa shape index (κ2) is 10.8. The van der Waals surface area contributed by atoms with E-state index in [0.29, 0.717) is 44.5 Å². The number of nitrogens with zero attached hydrogens (tertiary/aromatic N) is 3. The minimum absolute atomic E-state index is 0.131. The first-order valence-electron chi connectivity index (χ1n) is 11.3. The fourth-order valence-corrected chi connectivity index (χ4v) is 4.36. The molecule has 0 aliphatic carbocycles. The molecule has 4 aromatic rings. The molecule has 1 saturated heterocycles. The van der Waals surface area contributed by atoms with Gasteiger partial charge in [0.25, 0.3) is 0 Å². The lowest BCUT2D eigenvalue weighted by Crippen LogP contribution is -2.32. The Kier molecular flexibility index (Phi) is 7.27. The summed E-state index contributed by atoms with van der Waals surface area (Å²) in [6.07, 6.45) is 1.53. The summed E-state index contributed by atoms with van der Waals surface area (Å²) in [5, 5.41) is 1.72. The average Bonchev–Trinajstić information content (AvgIpc) is 3.52. The van der Waals surface area contributed by atoms with Crippen molar-refractivity contribution in [1.82, 2.24) is 14.5 Å². The Hall–Kier alpha value is -3.66. The fourth-order valence-electron chi connectivity index (χ4n) is 4.11. The van der Waals surface area contributed by atoms with E-state index in [9.17, 15) is 9.59 Å². The van der Waals surface area contributed by atoms with Crippen LogP contribution in [0.3, 0.4) is 0 Å². The van der Waals surface area contributed by atoms with Crippen LogP contribution in [0.25, 0.3) is 11.0 Å². The van der Waals surface area contributed by atoms with Gasteiger partial charge in [0.2, 0.25) is 5.88 Å². The zero-order valence-corrected chi connectivity index (χ0v) is 21.1. The third-order valence-corrected chi connectivity index (χ3v) is 6.46. The number of aromatic nitrogens is 3. The van der Waals surface area contributed by atoms with Crippen LogP contribution in [-0.2, 0) is 14.2 Å². The van der Waals surface area contributed by atoms with Gasteiger partial charge in [-0.3, -0.25) is 0 Å². The number of carbonyl (C=O) groups excluding carboxylic acids is 2. The molecule has 5 rings (SSSR count). The number of carbonyl (C=O) groups is 2. The third kappa shape index (κ3) is 5.39. The zero-order chi connectivity index (χ0) is 25.9. The first-order valence-corrected chi connectivity index (χ1v) is 12.1. The van der Waals surface area contributed by atoms with Crippen molar-refractivity contribution in [2.45, 2.75) is 24.9 Å². The number of esters is 2. The Labute approximate surface area is 221 Å². The lowest BCUT2D eigenvalue weighted by Gasteiger charge is -2.19. The minimum Gasteiger partial charge on any atom is -0.480 e. The van der Waals surface area contributed by atoms with Gasteiger partial charge in [-0.2, -0.15) is 0 Å². The molecule has 1 fully saturated rings. The van der Waals surface area contributed by atoms with E-state index in [-0.39, 0.29) is 6.61 Å². The molecule has 2 aromatic heterocycles. The molecule has 0 bridgehead atoms. The molecule has 37 heavy (non-hydrogen) atoms. The van der Waals surface area contributed by atoms with E-state index in [2.05, 4.69) is 9.97 Å². The lowest BCUT2D eigenvalue weighted by atomic mass is 10.1. The van der Waals surface area contributed by atoms with Crippen LogP contribution in [0, 0.1) is 0 Å². The molecule has 190 valence electrons. The summed E-state index contributed by atoms with van der Waals surface area (Å²) in [7, 11) is 1.53. The van der Waals surface area contributed by atoms with Crippen LogP contribution in [0.1, 0.15) is 33.4 Å². The topological polar surface area (TPSA) is 102 Å². The Bertz CT molecular complexity index is 1420. The van der Waals surface area contributed by atoms with E-state index < -0.39 is 30.4 Å². The summed E-state index contributed by atoms with van der Waals surface area (Å²) >= 11 is 11.8. The van der Waals surface area contributed by atoms with Crippen molar-refractivity contribution in [3.05, 3.63) is 88.3 Å². The molecule has 2 unspecified atom stereocenters. The van der Waals surface area contributed by atoms with E-state index in [1.54, 1.807) is 54.7 Å². The van der Waals surface area contributed by atoms with Crippen molar-refractivity contribution in [3.8, 4) is 5.88 Å². The van der Waals surface area contributed by atoms with Crippen molar-refractivity contribution in [3.63, 3.8) is 0 Å². The maximum atomic E-state index is 12.9. The predicted molar refractivity (Wildman–Crippen MR) is 135 cm³/mol. The van der Waals surface area contributed by atoms with Gasteiger partial charge in [0.1, 0.15) is 37.0 Å². The molecule has 2 aromatic carbocycles. The van der Waals surface area contributed by atoms with Gasteiger partial charge in [0, 0.05) is 22.7 Å². The highest BCUT2D eigenvalue weighted by atomic mass is 35.5. The normalized spacial score (nSPS) is 19.1. The van der Waals surface area contributed by atoms with Crippen LogP contribution in [0.2, 0.25) is 10.0 Å². The number of halogens is 2. The van der Waals surface area contributed by atoms with Crippen LogP contribution in [0.5, 0.6) is 5.88 Å². The maximum absolute atomic E-state index is 12.9. The molecule has 0 radical (unpaired) electrons. The van der Waals surface area contributed by atoms with Gasteiger partial charge in [-0.25, -0.2) is 19.6 Å². The third-order valence-electron chi connectivity index (χ3n) is 5.95. The highest BCUT2D eigenvalue weighted by Crippen LogP contribution is 2.35. The number of hydrogen-bond acceptors (Lipinski definition) is 8. The molecule has 0 amide bonds. The highest BCUT2D eigenvalue weighted by Gasteiger charge is 2.40. The number of methoxy groups -OCH3 is 1. The quantitative estimate of drug-likeness (QED) is 0.297. The Morgan fingerprint density at radius 3 is 2.27 bits per heavy atom. The number of rotatable bonds is 7. The highest BCUT2D eigenvalue weighted by molar-refractivity contribution is 6.31. The number of hydrogen-bond donors (Lipinski definition) is 0. The molecule has 9 nitrogen and oxygen atoms in total. The lowest BCUT2D eigenvalue weighted by molar-refractivity contribution is -0.0562. The van der Waals surface area contributed by atoms with Crippen molar-refractivity contribution in [2.75, 3.05) is 13.7 Å². The van der Waals surface area contributed by atoms with Crippen molar-refractivity contribution in [1.29, 1.82) is 0 Å². The molecule has 3 atom stereocenters. The molecule has 11 heteroatoms. The summed E-state index contributed by atoms with van der Waals surface area (Å²) in [6.45, 7) is -0.131. The molecule has 0 saturated carbocycles. The van der Waals surface area contributed by atoms with Crippen LogP contribution in [0.15, 0.2) is 67.1 Å². The molecule has 1 aliphatic heterocycles. The number of benzene rings is 2. The largest absolute Gasteiger partial charge is 0.480 e. The van der Waals surface area contributed by atoms with Gasteiger partial charge < -0.3 is 23.5 Å². The Balaban J connectivity index is 1.36. The summed E-state index contributed by atoms with van der Waals surface area (Å²) in [5.41, 5.74) is 1.28. The van der Waals surface area contributed by atoms with Gasteiger partial charge in [0.15, 0.2) is 0 Å². The summed E-state index contributed by atoms with van der Waals surface area (Å²) < 4.78 is 24.7. The van der Waals surface area contributed by atoms with Crippen LogP contribution in [0.4, 0.5) is 0 Å². The van der Waals surface area contributed by atoms with E-state index in [1.807, 2.05) is 10.6 Å². The molecular formula is C26H21Cl2N3O6. The molecule has 1 aliphatic rings. The average molecular weight is 542 g/mol. The van der Waals surface area contributed by atoms with Gasteiger partial charge in [-0.15, -0.1) is 0 Å². The molecule has 0 N–H and O–H groups in total.